The summed E-state index contributed by atoms with van der Waals surface area (Å²) in [6.45, 7) is 6.35. The highest BCUT2D eigenvalue weighted by molar-refractivity contribution is 6.55. The SMILES string of the molecule is CCc1ccc(NC(=O)N(CC=C(Cl)Cl)C(C)C)cc1. The number of amides is 2. The van der Waals surface area contributed by atoms with Crippen molar-refractivity contribution in [1.29, 1.82) is 0 Å². The molecule has 5 heteroatoms. The van der Waals surface area contributed by atoms with Crippen LogP contribution in [-0.2, 0) is 6.42 Å². The Morgan fingerprint density at radius 1 is 1.30 bits per heavy atom. The Hall–Kier alpha value is -1.19. The van der Waals surface area contributed by atoms with E-state index in [-0.39, 0.29) is 16.6 Å². The van der Waals surface area contributed by atoms with Crippen LogP contribution in [0.4, 0.5) is 10.5 Å². The first-order valence-corrected chi connectivity index (χ1v) is 7.37. The minimum atomic E-state index is -0.171. The highest BCUT2D eigenvalue weighted by atomic mass is 35.5. The quantitative estimate of drug-likeness (QED) is 0.831. The molecule has 0 heterocycles. The molecule has 0 spiro atoms. The average Bonchev–Trinajstić information content (AvgIpc) is 2.39. The molecule has 0 aliphatic rings. The van der Waals surface area contributed by atoms with Crippen LogP contribution in [0.25, 0.3) is 0 Å². The fourth-order valence-electron chi connectivity index (χ4n) is 1.71. The van der Waals surface area contributed by atoms with Crippen LogP contribution in [0.5, 0.6) is 0 Å². The first-order chi connectivity index (χ1) is 9.43. The third-order valence-corrected chi connectivity index (χ3v) is 3.25. The van der Waals surface area contributed by atoms with Crippen LogP contribution in [-0.4, -0.2) is 23.5 Å². The van der Waals surface area contributed by atoms with Crippen molar-refractivity contribution in [2.24, 2.45) is 0 Å². The van der Waals surface area contributed by atoms with E-state index in [1.807, 2.05) is 38.1 Å². The fraction of sp³-hybridized carbons (Fsp3) is 0.400. The molecule has 0 aromatic heterocycles. The van der Waals surface area contributed by atoms with Gasteiger partial charge in [0, 0.05) is 18.3 Å². The fourth-order valence-corrected chi connectivity index (χ4v) is 1.85. The first kappa shape index (κ1) is 16.9. The number of benzene rings is 1. The van der Waals surface area contributed by atoms with E-state index in [9.17, 15) is 4.79 Å². The molecular weight excluding hydrogens is 295 g/mol. The molecule has 0 atom stereocenters. The van der Waals surface area contributed by atoms with Gasteiger partial charge in [-0.25, -0.2) is 4.79 Å². The maximum absolute atomic E-state index is 12.2. The van der Waals surface area contributed by atoms with E-state index in [4.69, 9.17) is 23.2 Å². The largest absolute Gasteiger partial charge is 0.322 e. The Morgan fingerprint density at radius 3 is 2.35 bits per heavy atom. The molecule has 0 saturated carbocycles. The summed E-state index contributed by atoms with van der Waals surface area (Å²) in [4.78, 5) is 13.9. The van der Waals surface area contributed by atoms with Crippen molar-refractivity contribution >= 4 is 34.9 Å². The van der Waals surface area contributed by atoms with Gasteiger partial charge in [-0.2, -0.15) is 0 Å². The number of carbonyl (C=O) groups excluding carboxylic acids is 1. The summed E-state index contributed by atoms with van der Waals surface area (Å²) in [5.74, 6) is 0. The van der Waals surface area contributed by atoms with Crippen molar-refractivity contribution < 1.29 is 4.79 Å². The van der Waals surface area contributed by atoms with Crippen LogP contribution in [0, 0.1) is 0 Å². The normalized spacial score (nSPS) is 10.3. The van der Waals surface area contributed by atoms with E-state index in [2.05, 4.69) is 12.2 Å². The third-order valence-electron chi connectivity index (χ3n) is 2.94. The molecule has 0 radical (unpaired) electrons. The predicted octanol–water partition coefficient (Wildman–Crippen LogP) is 4.81. The molecule has 3 nitrogen and oxygen atoms in total. The zero-order valence-corrected chi connectivity index (χ0v) is 13.5. The standard InChI is InChI=1S/C15H20Cl2N2O/c1-4-12-5-7-13(8-6-12)18-15(20)19(11(2)3)10-9-14(16)17/h5-9,11H,4,10H2,1-3H3,(H,18,20). The highest BCUT2D eigenvalue weighted by Gasteiger charge is 2.15. The Labute approximate surface area is 130 Å². The second kappa shape index (κ2) is 8.18. The van der Waals surface area contributed by atoms with E-state index < -0.39 is 0 Å². The highest BCUT2D eigenvalue weighted by Crippen LogP contribution is 2.13. The van der Waals surface area contributed by atoms with E-state index in [1.54, 1.807) is 11.0 Å². The van der Waals surface area contributed by atoms with Crippen molar-refractivity contribution in [3.05, 3.63) is 40.4 Å². The minimum absolute atomic E-state index is 0.0499. The summed E-state index contributed by atoms with van der Waals surface area (Å²) in [6.07, 6.45) is 2.58. The van der Waals surface area contributed by atoms with Gasteiger partial charge in [-0.05, 0) is 44.0 Å². The zero-order chi connectivity index (χ0) is 15.1. The van der Waals surface area contributed by atoms with E-state index >= 15 is 0 Å². The predicted molar refractivity (Wildman–Crippen MR) is 86.5 cm³/mol. The molecule has 0 fully saturated rings. The number of urea groups is 1. The second-order valence-electron chi connectivity index (χ2n) is 4.72. The van der Waals surface area contributed by atoms with Gasteiger partial charge in [0.2, 0.25) is 0 Å². The summed E-state index contributed by atoms with van der Waals surface area (Å²) in [7, 11) is 0. The monoisotopic (exact) mass is 314 g/mol. The van der Waals surface area contributed by atoms with Crippen LogP contribution in [0.15, 0.2) is 34.8 Å². The number of nitrogens with one attached hydrogen (secondary N) is 1. The molecule has 1 aromatic rings. The number of aryl methyl sites for hydroxylation is 1. The van der Waals surface area contributed by atoms with Gasteiger partial charge in [-0.3, -0.25) is 0 Å². The number of rotatable bonds is 5. The van der Waals surface area contributed by atoms with Gasteiger partial charge in [0.25, 0.3) is 0 Å². The lowest BCUT2D eigenvalue weighted by atomic mass is 10.1. The van der Waals surface area contributed by atoms with Crippen LogP contribution in [0.3, 0.4) is 0 Å². The van der Waals surface area contributed by atoms with Crippen LogP contribution >= 0.6 is 23.2 Å². The zero-order valence-electron chi connectivity index (χ0n) is 12.0. The van der Waals surface area contributed by atoms with Crippen LogP contribution < -0.4 is 5.32 Å². The first-order valence-electron chi connectivity index (χ1n) is 6.61. The Kier molecular flexibility index (Phi) is 6.89. The van der Waals surface area contributed by atoms with Crippen molar-refractivity contribution in [1.82, 2.24) is 4.90 Å². The summed E-state index contributed by atoms with van der Waals surface area (Å²) in [5.41, 5.74) is 2.01. The van der Waals surface area contributed by atoms with Crippen molar-refractivity contribution in [3.8, 4) is 0 Å². The molecule has 0 bridgehead atoms. The summed E-state index contributed by atoms with van der Waals surface area (Å²) in [5, 5.41) is 2.87. The van der Waals surface area contributed by atoms with Gasteiger partial charge in [-0.15, -0.1) is 0 Å². The Balaban J connectivity index is 2.72. The maximum Gasteiger partial charge on any atom is 0.322 e. The lowest BCUT2D eigenvalue weighted by Gasteiger charge is -2.25. The smallest absolute Gasteiger partial charge is 0.318 e. The minimum Gasteiger partial charge on any atom is -0.318 e. The molecule has 1 N–H and O–H groups in total. The molecule has 0 saturated heterocycles. The van der Waals surface area contributed by atoms with Gasteiger partial charge in [0.15, 0.2) is 0 Å². The van der Waals surface area contributed by atoms with Gasteiger partial charge in [0.1, 0.15) is 4.49 Å². The summed E-state index contributed by atoms with van der Waals surface area (Å²) in [6, 6.07) is 7.69. The molecule has 20 heavy (non-hydrogen) atoms. The molecule has 0 aliphatic carbocycles. The van der Waals surface area contributed by atoms with Gasteiger partial charge >= 0.3 is 6.03 Å². The van der Waals surface area contributed by atoms with Gasteiger partial charge in [-0.1, -0.05) is 42.3 Å². The summed E-state index contributed by atoms with van der Waals surface area (Å²) < 4.78 is 0.163. The van der Waals surface area contributed by atoms with Gasteiger partial charge < -0.3 is 10.2 Å². The lowest BCUT2D eigenvalue weighted by molar-refractivity contribution is 0.204. The number of hydrogen-bond donors (Lipinski definition) is 1. The Bertz CT molecular complexity index is 465. The Morgan fingerprint density at radius 2 is 1.90 bits per heavy atom. The molecule has 1 aromatic carbocycles. The maximum atomic E-state index is 12.2. The summed E-state index contributed by atoms with van der Waals surface area (Å²) >= 11 is 11.2. The number of halogens is 2. The van der Waals surface area contributed by atoms with Crippen molar-refractivity contribution in [3.63, 3.8) is 0 Å². The van der Waals surface area contributed by atoms with E-state index in [0.29, 0.717) is 6.54 Å². The molecule has 2 amide bonds. The topological polar surface area (TPSA) is 32.3 Å². The van der Waals surface area contributed by atoms with E-state index in [1.165, 1.54) is 5.56 Å². The number of hydrogen-bond acceptors (Lipinski definition) is 1. The van der Waals surface area contributed by atoms with Gasteiger partial charge in [0.05, 0.1) is 0 Å². The number of nitrogens with zero attached hydrogens (tertiary/aromatic N) is 1. The second-order valence-corrected chi connectivity index (χ2v) is 5.73. The molecular formula is C15H20Cl2N2O. The third kappa shape index (κ3) is 5.43. The van der Waals surface area contributed by atoms with Crippen molar-refractivity contribution in [2.45, 2.75) is 33.2 Å². The van der Waals surface area contributed by atoms with Crippen LogP contribution in [0.2, 0.25) is 0 Å². The van der Waals surface area contributed by atoms with Crippen molar-refractivity contribution in [2.75, 3.05) is 11.9 Å². The molecule has 1 rings (SSSR count). The molecule has 0 aliphatic heterocycles. The molecule has 0 unspecified atom stereocenters. The van der Waals surface area contributed by atoms with E-state index in [0.717, 1.165) is 12.1 Å². The molecule has 110 valence electrons. The average molecular weight is 315 g/mol. The number of carbonyl (C=O) groups is 1. The lowest BCUT2D eigenvalue weighted by Crippen LogP contribution is -2.40. The number of anilines is 1. The van der Waals surface area contributed by atoms with Crippen LogP contribution in [0.1, 0.15) is 26.3 Å².